The number of anilines is 2. The molecule has 2 aliphatic carbocycles. The van der Waals surface area contributed by atoms with Gasteiger partial charge in [0.15, 0.2) is 11.6 Å². The van der Waals surface area contributed by atoms with Gasteiger partial charge in [-0.2, -0.15) is 4.09 Å². The first-order chi connectivity index (χ1) is 17.2. The predicted molar refractivity (Wildman–Crippen MR) is 137 cm³/mol. The normalized spacial score (nSPS) is 16.2. The molecular formula is C24H30N8O3S. The van der Waals surface area contributed by atoms with Crippen LogP contribution in [0.3, 0.4) is 0 Å². The second kappa shape index (κ2) is 8.05. The van der Waals surface area contributed by atoms with E-state index >= 15 is 0 Å². The van der Waals surface area contributed by atoms with Gasteiger partial charge in [-0.05, 0) is 45.6 Å². The molecule has 0 saturated heterocycles. The Labute approximate surface area is 209 Å². The molecule has 0 atom stereocenters. The van der Waals surface area contributed by atoms with Crippen LogP contribution < -0.4 is 5.32 Å². The molecule has 36 heavy (non-hydrogen) atoms. The average molecular weight is 511 g/mol. The Morgan fingerprint density at radius 2 is 1.89 bits per heavy atom. The lowest BCUT2D eigenvalue weighted by atomic mass is 10.2. The van der Waals surface area contributed by atoms with Crippen LogP contribution in [-0.4, -0.2) is 65.9 Å². The highest BCUT2D eigenvalue weighted by atomic mass is 32.2. The van der Waals surface area contributed by atoms with E-state index in [-0.39, 0.29) is 5.91 Å². The highest BCUT2D eigenvalue weighted by molar-refractivity contribution is 7.89. The molecule has 0 unspecified atom stereocenters. The molecule has 11 nitrogen and oxygen atoms in total. The van der Waals surface area contributed by atoms with Gasteiger partial charge in [-0.1, -0.05) is 0 Å². The summed E-state index contributed by atoms with van der Waals surface area (Å²) in [6, 6.07) is 4.56. The lowest BCUT2D eigenvalue weighted by molar-refractivity contribution is -0.131. The summed E-state index contributed by atoms with van der Waals surface area (Å²) in [4.78, 5) is 24.9. The van der Waals surface area contributed by atoms with Gasteiger partial charge in [0.2, 0.25) is 5.91 Å². The smallest absolute Gasteiger partial charge is 0.251 e. The molecule has 0 bridgehead atoms. The zero-order valence-corrected chi connectivity index (χ0v) is 21.7. The molecule has 2 saturated carbocycles. The fourth-order valence-corrected chi connectivity index (χ4v) is 6.00. The van der Waals surface area contributed by atoms with E-state index in [1.165, 1.54) is 0 Å². The van der Waals surface area contributed by atoms with Gasteiger partial charge in [0.05, 0.1) is 30.2 Å². The summed E-state index contributed by atoms with van der Waals surface area (Å²) < 4.78 is 29.1. The maximum absolute atomic E-state index is 13.3. The van der Waals surface area contributed by atoms with Gasteiger partial charge in [-0.15, -0.1) is 5.10 Å². The number of carbonyl (C=O) groups is 1. The summed E-state index contributed by atoms with van der Waals surface area (Å²) >= 11 is 0. The molecule has 4 aromatic heterocycles. The summed E-state index contributed by atoms with van der Waals surface area (Å²) in [5.74, 6) is 1.05. The van der Waals surface area contributed by atoms with Gasteiger partial charge < -0.3 is 19.4 Å². The largest absolute Gasteiger partial charge is 0.336 e. The molecule has 1 amide bonds. The number of aromatic nitrogens is 6. The van der Waals surface area contributed by atoms with Crippen molar-refractivity contribution in [3.05, 3.63) is 29.8 Å². The van der Waals surface area contributed by atoms with E-state index in [9.17, 15) is 13.2 Å². The quantitative estimate of drug-likeness (QED) is 0.387. The molecule has 190 valence electrons. The molecule has 1 N–H and O–H groups in total. The summed E-state index contributed by atoms with van der Waals surface area (Å²) in [6.45, 7) is 4.40. The van der Waals surface area contributed by atoms with Crippen LogP contribution >= 0.6 is 0 Å². The fourth-order valence-electron chi connectivity index (χ4n) is 5.19. The fraction of sp³-hybridized carbons (Fsp3) is 0.500. The van der Waals surface area contributed by atoms with Crippen molar-refractivity contribution in [3.8, 4) is 0 Å². The van der Waals surface area contributed by atoms with Crippen LogP contribution in [0.1, 0.15) is 44.0 Å². The lowest BCUT2D eigenvalue weighted by Crippen LogP contribution is -2.36. The monoisotopic (exact) mass is 510 g/mol. The number of amides is 1. The van der Waals surface area contributed by atoms with Crippen molar-refractivity contribution < 1.29 is 13.2 Å². The van der Waals surface area contributed by atoms with E-state index in [0.717, 1.165) is 58.3 Å². The molecule has 2 fully saturated rings. The third kappa shape index (κ3) is 3.83. The van der Waals surface area contributed by atoms with Crippen LogP contribution in [0.15, 0.2) is 18.5 Å². The third-order valence-corrected chi connectivity index (χ3v) is 8.01. The Morgan fingerprint density at radius 3 is 2.47 bits per heavy atom. The summed E-state index contributed by atoms with van der Waals surface area (Å²) in [5.41, 5.74) is 3.73. The van der Waals surface area contributed by atoms with E-state index in [1.54, 1.807) is 19.3 Å². The minimum atomic E-state index is -3.52. The number of pyridine rings is 1. The van der Waals surface area contributed by atoms with Crippen LogP contribution in [0.2, 0.25) is 0 Å². The number of nitrogens with one attached hydrogen (secondary N) is 1. The topological polar surface area (TPSA) is 120 Å². The minimum Gasteiger partial charge on any atom is -0.336 e. The SMILES string of the molecule is CCn1c(CC(=O)N(C2CC2)C2CC2)cc2c3c(ncn3C)c(Nc3cc(C)n(S(C)(=O)=O)n3)nc21. The first kappa shape index (κ1) is 23.0. The predicted octanol–water partition coefficient (Wildman–Crippen LogP) is 2.70. The summed E-state index contributed by atoms with van der Waals surface area (Å²) in [6.07, 6.45) is 7.63. The average Bonchev–Trinajstić information content (AvgIpc) is 3.72. The molecule has 0 spiro atoms. The van der Waals surface area contributed by atoms with Crippen molar-refractivity contribution in [1.82, 2.24) is 33.2 Å². The second-order valence-corrected chi connectivity index (χ2v) is 11.8. The standard InChI is InChI=1S/C24H30N8O3S/c1-5-30-17(12-20(33)31(15-6-7-15)16-8-9-16)11-18-22-21(25-13-29(22)3)23(27-24(18)30)26-19-10-14(2)32(28-19)36(4,34)35/h10-11,13,15-16H,5-9,12H2,1-4H3,(H,26,27,28). The van der Waals surface area contributed by atoms with Gasteiger partial charge in [0.1, 0.15) is 11.2 Å². The molecule has 4 heterocycles. The van der Waals surface area contributed by atoms with Crippen molar-refractivity contribution in [1.29, 1.82) is 0 Å². The Hall–Kier alpha value is -3.41. The van der Waals surface area contributed by atoms with E-state index in [2.05, 4.69) is 30.9 Å². The number of fused-ring (bicyclic) bond motifs is 3. The van der Waals surface area contributed by atoms with Crippen LogP contribution in [-0.2, 0) is 34.8 Å². The third-order valence-electron chi connectivity index (χ3n) is 7.01. The van der Waals surface area contributed by atoms with E-state index in [4.69, 9.17) is 4.98 Å². The van der Waals surface area contributed by atoms with Crippen molar-refractivity contribution in [2.75, 3.05) is 11.6 Å². The van der Waals surface area contributed by atoms with E-state index in [0.29, 0.717) is 47.9 Å². The van der Waals surface area contributed by atoms with Gasteiger partial charge in [0.25, 0.3) is 10.0 Å². The van der Waals surface area contributed by atoms with Crippen molar-refractivity contribution in [2.24, 2.45) is 7.05 Å². The van der Waals surface area contributed by atoms with Crippen LogP contribution in [0.4, 0.5) is 11.6 Å². The Bertz CT molecular complexity index is 1610. The number of imidazole rings is 1. The van der Waals surface area contributed by atoms with Crippen molar-refractivity contribution in [3.63, 3.8) is 0 Å². The first-order valence-corrected chi connectivity index (χ1v) is 14.2. The van der Waals surface area contributed by atoms with Gasteiger partial charge in [-0.25, -0.2) is 18.4 Å². The first-order valence-electron chi connectivity index (χ1n) is 12.3. The highest BCUT2D eigenvalue weighted by Gasteiger charge is 2.42. The van der Waals surface area contributed by atoms with Gasteiger partial charge in [0, 0.05) is 42.8 Å². The number of hydrogen-bond donors (Lipinski definition) is 1. The maximum Gasteiger partial charge on any atom is 0.251 e. The second-order valence-electron chi connectivity index (χ2n) is 9.97. The molecule has 12 heteroatoms. The Morgan fingerprint density at radius 1 is 1.19 bits per heavy atom. The van der Waals surface area contributed by atoms with Crippen LogP contribution in [0, 0.1) is 6.92 Å². The van der Waals surface area contributed by atoms with Gasteiger partial charge >= 0.3 is 0 Å². The number of aryl methyl sites for hydroxylation is 3. The van der Waals surface area contributed by atoms with Crippen molar-refractivity contribution in [2.45, 2.75) is 64.6 Å². The van der Waals surface area contributed by atoms with Crippen LogP contribution in [0.25, 0.3) is 22.1 Å². The number of rotatable bonds is 8. The summed E-state index contributed by atoms with van der Waals surface area (Å²) in [7, 11) is -1.59. The molecule has 0 aromatic carbocycles. The van der Waals surface area contributed by atoms with Gasteiger partial charge in [-0.3, -0.25) is 4.79 Å². The molecule has 0 aliphatic heterocycles. The van der Waals surface area contributed by atoms with Crippen molar-refractivity contribution >= 4 is 49.6 Å². The lowest BCUT2D eigenvalue weighted by Gasteiger charge is -2.22. The number of nitrogens with zero attached hydrogens (tertiary/aromatic N) is 7. The van der Waals surface area contributed by atoms with E-state index in [1.807, 2.05) is 18.5 Å². The highest BCUT2D eigenvalue weighted by Crippen LogP contribution is 2.38. The maximum atomic E-state index is 13.3. The molecule has 4 aromatic rings. The Balaban J connectivity index is 1.43. The zero-order valence-electron chi connectivity index (χ0n) is 20.9. The molecule has 0 radical (unpaired) electrons. The number of carbonyl (C=O) groups excluding carboxylic acids is 1. The van der Waals surface area contributed by atoms with E-state index < -0.39 is 10.0 Å². The molecule has 2 aliphatic rings. The number of hydrogen-bond acceptors (Lipinski definition) is 7. The molecular weight excluding hydrogens is 480 g/mol. The van der Waals surface area contributed by atoms with Crippen LogP contribution in [0.5, 0.6) is 0 Å². The zero-order chi connectivity index (χ0) is 25.4. The summed E-state index contributed by atoms with van der Waals surface area (Å²) in [5, 5.41) is 8.32. The molecule has 6 rings (SSSR count). The Kier molecular flexibility index (Phi) is 5.15. The minimum absolute atomic E-state index is 0.193.